The lowest BCUT2D eigenvalue weighted by Crippen LogP contribution is -2.35. The average Bonchev–Trinajstić information content (AvgIpc) is 3.29. The Morgan fingerprint density at radius 1 is 1.15 bits per heavy atom. The van der Waals surface area contributed by atoms with Gasteiger partial charge in [-0.3, -0.25) is 10.1 Å². The van der Waals surface area contributed by atoms with Gasteiger partial charge in [0.1, 0.15) is 5.75 Å². The molecule has 0 spiro atoms. The van der Waals surface area contributed by atoms with Crippen molar-refractivity contribution >= 4 is 27.3 Å². The molecular formula is C21H21BrN2O3. The molecule has 5 atom stereocenters. The second kappa shape index (κ2) is 6.23. The summed E-state index contributed by atoms with van der Waals surface area (Å²) in [6.45, 7) is 0. The first-order chi connectivity index (χ1) is 13.1. The number of nitrogens with zero attached hydrogens (tertiary/aromatic N) is 1. The van der Waals surface area contributed by atoms with Crippen molar-refractivity contribution in [2.75, 3.05) is 12.4 Å². The van der Waals surface area contributed by atoms with Gasteiger partial charge in [0.2, 0.25) is 0 Å². The summed E-state index contributed by atoms with van der Waals surface area (Å²) in [5.41, 5.74) is 3.52. The Balaban J connectivity index is 1.65. The third-order valence-corrected chi connectivity index (χ3v) is 7.30. The number of nitrogens with one attached hydrogen (secondary N) is 1. The fraction of sp³-hybridized carbons (Fsp3) is 0.429. The number of benzene rings is 2. The first-order valence-corrected chi connectivity index (χ1v) is 10.2. The number of halogens is 1. The summed E-state index contributed by atoms with van der Waals surface area (Å²) >= 11 is 3.60. The number of rotatable bonds is 3. The van der Waals surface area contributed by atoms with Crippen LogP contribution in [0.5, 0.6) is 5.75 Å². The summed E-state index contributed by atoms with van der Waals surface area (Å²) in [4.78, 5) is 11.0. The molecule has 27 heavy (non-hydrogen) atoms. The molecule has 140 valence electrons. The molecule has 0 amide bonds. The molecule has 0 unspecified atom stereocenters. The number of ether oxygens (including phenoxy) is 1. The molecule has 2 saturated carbocycles. The van der Waals surface area contributed by atoms with E-state index in [1.54, 1.807) is 19.2 Å². The van der Waals surface area contributed by atoms with Crippen LogP contribution in [0.25, 0.3) is 0 Å². The maximum absolute atomic E-state index is 11.3. The number of nitro benzene ring substituents is 1. The molecule has 0 aromatic heterocycles. The number of non-ortho nitro benzene ring substituents is 1. The predicted molar refractivity (Wildman–Crippen MR) is 107 cm³/mol. The van der Waals surface area contributed by atoms with Gasteiger partial charge in [0.25, 0.3) is 5.69 Å². The number of hydrogen-bond acceptors (Lipinski definition) is 4. The number of hydrogen-bond donors (Lipinski definition) is 1. The number of anilines is 1. The minimum absolute atomic E-state index is 0.159. The maximum atomic E-state index is 11.3. The van der Waals surface area contributed by atoms with Crippen molar-refractivity contribution in [1.82, 2.24) is 0 Å². The van der Waals surface area contributed by atoms with Gasteiger partial charge in [0, 0.05) is 27.9 Å². The Bertz CT molecular complexity index is 932. The van der Waals surface area contributed by atoms with Crippen LogP contribution in [0.4, 0.5) is 11.4 Å². The Hall–Kier alpha value is -2.08. The van der Waals surface area contributed by atoms with E-state index < -0.39 is 0 Å². The third-order valence-electron chi connectivity index (χ3n) is 6.81. The number of methoxy groups -OCH3 is 1. The highest BCUT2D eigenvalue weighted by Gasteiger charge is 2.54. The summed E-state index contributed by atoms with van der Waals surface area (Å²) < 4.78 is 6.71. The molecule has 2 fully saturated rings. The molecule has 2 aliphatic carbocycles. The van der Waals surface area contributed by atoms with Gasteiger partial charge < -0.3 is 10.1 Å². The summed E-state index contributed by atoms with van der Waals surface area (Å²) in [7, 11) is 1.71. The van der Waals surface area contributed by atoms with Crippen LogP contribution in [0.15, 0.2) is 40.9 Å². The van der Waals surface area contributed by atoms with E-state index in [2.05, 4.69) is 27.3 Å². The highest BCUT2D eigenvalue weighted by atomic mass is 79.9. The lowest BCUT2D eigenvalue weighted by atomic mass is 9.68. The molecule has 1 N–H and O–H groups in total. The SMILES string of the molecule is COc1ccc(Br)cc1[C@@H]1Nc2ccc([N+](=O)[O-])cc2[C@@H]2[C@H]3CC[C@@H](C3)[C@H]21. The second-order valence-electron chi connectivity index (χ2n) is 7.97. The van der Waals surface area contributed by atoms with E-state index in [0.29, 0.717) is 23.7 Å². The van der Waals surface area contributed by atoms with Crippen LogP contribution < -0.4 is 10.1 Å². The van der Waals surface area contributed by atoms with Crippen LogP contribution in [-0.4, -0.2) is 12.0 Å². The Morgan fingerprint density at radius 2 is 1.96 bits per heavy atom. The van der Waals surface area contributed by atoms with E-state index in [0.717, 1.165) is 21.5 Å². The lowest BCUT2D eigenvalue weighted by molar-refractivity contribution is -0.384. The Morgan fingerprint density at radius 3 is 2.74 bits per heavy atom. The van der Waals surface area contributed by atoms with Gasteiger partial charge in [-0.25, -0.2) is 0 Å². The van der Waals surface area contributed by atoms with Crippen LogP contribution in [-0.2, 0) is 0 Å². The second-order valence-corrected chi connectivity index (χ2v) is 8.89. The van der Waals surface area contributed by atoms with E-state index in [4.69, 9.17) is 4.74 Å². The van der Waals surface area contributed by atoms with Gasteiger partial charge in [-0.15, -0.1) is 0 Å². The molecule has 1 aliphatic heterocycles. The van der Waals surface area contributed by atoms with Crippen LogP contribution in [0.3, 0.4) is 0 Å². The summed E-state index contributed by atoms with van der Waals surface area (Å²) in [5, 5.41) is 15.0. The van der Waals surface area contributed by atoms with Crippen molar-refractivity contribution in [3.63, 3.8) is 0 Å². The van der Waals surface area contributed by atoms with Gasteiger partial charge in [0.05, 0.1) is 18.1 Å². The molecule has 3 aliphatic rings. The summed E-state index contributed by atoms with van der Waals surface area (Å²) in [6, 6.07) is 11.6. The quantitative estimate of drug-likeness (QED) is 0.505. The first-order valence-electron chi connectivity index (χ1n) is 9.45. The monoisotopic (exact) mass is 428 g/mol. The molecule has 5 rings (SSSR count). The highest BCUT2D eigenvalue weighted by molar-refractivity contribution is 9.10. The zero-order valence-corrected chi connectivity index (χ0v) is 16.6. The largest absolute Gasteiger partial charge is 0.496 e. The van der Waals surface area contributed by atoms with Crippen LogP contribution in [0.2, 0.25) is 0 Å². The third kappa shape index (κ3) is 2.57. The smallest absolute Gasteiger partial charge is 0.269 e. The molecule has 2 bridgehead atoms. The van der Waals surface area contributed by atoms with E-state index in [9.17, 15) is 10.1 Å². The highest BCUT2D eigenvalue weighted by Crippen LogP contribution is 2.64. The minimum atomic E-state index is -0.286. The molecule has 6 heteroatoms. The van der Waals surface area contributed by atoms with Crippen molar-refractivity contribution in [3.8, 4) is 5.75 Å². The van der Waals surface area contributed by atoms with Crippen molar-refractivity contribution in [2.24, 2.45) is 17.8 Å². The molecule has 2 aromatic carbocycles. The standard InChI is InChI=1S/C21H21BrN2O3/c1-27-18-7-4-13(22)9-16(18)21-20-12-3-2-11(8-12)19(20)15-10-14(24(25)26)5-6-17(15)23-21/h4-7,9-12,19-21,23H,2-3,8H2,1H3/t11-,12-,19-,20+,21-/m0/s1. The van der Waals surface area contributed by atoms with Gasteiger partial charge in [-0.2, -0.15) is 0 Å². The molecule has 0 radical (unpaired) electrons. The van der Waals surface area contributed by atoms with Crippen molar-refractivity contribution in [2.45, 2.75) is 31.2 Å². The molecule has 5 nitrogen and oxygen atoms in total. The Kier molecular flexibility index (Phi) is 3.93. The van der Waals surface area contributed by atoms with E-state index in [1.165, 1.54) is 24.8 Å². The van der Waals surface area contributed by atoms with Crippen molar-refractivity contribution in [3.05, 3.63) is 62.1 Å². The lowest BCUT2D eigenvalue weighted by Gasteiger charge is -2.43. The number of nitro groups is 1. The zero-order valence-electron chi connectivity index (χ0n) is 15.0. The van der Waals surface area contributed by atoms with E-state index >= 15 is 0 Å². The molecule has 1 heterocycles. The maximum Gasteiger partial charge on any atom is 0.269 e. The first kappa shape index (κ1) is 17.0. The molecule has 2 aromatic rings. The number of fused-ring (bicyclic) bond motifs is 7. The summed E-state index contributed by atoms with van der Waals surface area (Å²) in [5.74, 6) is 3.01. The molecule has 0 saturated heterocycles. The fourth-order valence-electron chi connectivity index (χ4n) is 5.84. The van der Waals surface area contributed by atoms with Crippen molar-refractivity contribution < 1.29 is 9.66 Å². The predicted octanol–water partition coefficient (Wildman–Crippen LogP) is 5.66. The van der Waals surface area contributed by atoms with E-state index in [1.807, 2.05) is 18.2 Å². The van der Waals surface area contributed by atoms with Crippen LogP contribution >= 0.6 is 15.9 Å². The fourth-order valence-corrected chi connectivity index (χ4v) is 6.22. The Labute approximate surface area is 166 Å². The van der Waals surface area contributed by atoms with Crippen LogP contribution in [0, 0.1) is 27.9 Å². The van der Waals surface area contributed by atoms with Crippen molar-refractivity contribution in [1.29, 1.82) is 0 Å². The summed E-state index contributed by atoms with van der Waals surface area (Å²) in [6.07, 6.45) is 3.72. The van der Waals surface area contributed by atoms with Gasteiger partial charge in [-0.05, 0) is 72.8 Å². The zero-order chi connectivity index (χ0) is 18.7. The normalized spacial score (nSPS) is 30.4. The van der Waals surface area contributed by atoms with E-state index in [-0.39, 0.29) is 16.7 Å². The van der Waals surface area contributed by atoms with Gasteiger partial charge in [-0.1, -0.05) is 15.9 Å². The minimum Gasteiger partial charge on any atom is -0.496 e. The van der Waals surface area contributed by atoms with Crippen LogP contribution in [0.1, 0.15) is 42.3 Å². The van der Waals surface area contributed by atoms with Gasteiger partial charge in [0.15, 0.2) is 0 Å². The average molecular weight is 429 g/mol. The topological polar surface area (TPSA) is 64.4 Å². The molecular weight excluding hydrogens is 408 g/mol. The van der Waals surface area contributed by atoms with Gasteiger partial charge >= 0.3 is 0 Å².